The second kappa shape index (κ2) is 10.4. The first-order valence-electron chi connectivity index (χ1n) is 12.9. The normalized spacial score (nSPS) is 21.1. The largest absolute Gasteiger partial charge is 0.493 e. The monoisotopic (exact) mass is 506 g/mol. The molecule has 2 aliphatic rings. The number of nitrogens with zero attached hydrogens (tertiary/aromatic N) is 2. The van der Waals surface area contributed by atoms with Crippen molar-refractivity contribution in [3.05, 3.63) is 58.4 Å². The summed E-state index contributed by atoms with van der Waals surface area (Å²) in [7, 11) is 3.07. The minimum absolute atomic E-state index is 0.00116. The molecule has 37 heavy (non-hydrogen) atoms. The Bertz CT molecular complexity index is 1320. The zero-order chi connectivity index (χ0) is 26.0. The van der Waals surface area contributed by atoms with Crippen LogP contribution in [-0.2, 0) is 11.2 Å². The van der Waals surface area contributed by atoms with Crippen molar-refractivity contribution < 1.29 is 19.4 Å². The average Bonchev–Trinajstić information content (AvgIpc) is 3.32. The van der Waals surface area contributed by atoms with Crippen LogP contribution in [0, 0.1) is 5.41 Å². The summed E-state index contributed by atoms with van der Waals surface area (Å²) in [4.78, 5) is 36.2. The lowest BCUT2D eigenvalue weighted by atomic mass is 9.72. The standard InChI is InChI=1S/C28H34N4O5/c1-36-23-15-19-21(16-24(23)37-2)30-27(31-25(19)34)32-13-11-28(12-14-32,17-18-7-4-3-5-8-18)26(35)29-20-9-6-10-22(20)33/h3-5,7-8,15-16,20,22,33H,6,9-14,17H2,1-2H3,(H,29,35)(H,30,31,34)/t20-,22+/m1/s1. The molecule has 9 nitrogen and oxygen atoms in total. The van der Waals surface area contributed by atoms with Crippen LogP contribution in [0.5, 0.6) is 11.5 Å². The van der Waals surface area contributed by atoms with Gasteiger partial charge < -0.3 is 24.8 Å². The zero-order valence-electron chi connectivity index (χ0n) is 21.3. The van der Waals surface area contributed by atoms with Gasteiger partial charge in [-0.15, -0.1) is 0 Å². The molecule has 0 bridgehead atoms. The van der Waals surface area contributed by atoms with Gasteiger partial charge >= 0.3 is 0 Å². The van der Waals surface area contributed by atoms with E-state index in [1.807, 2.05) is 23.1 Å². The number of piperidine rings is 1. The van der Waals surface area contributed by atoms with Crippen molar-refractivity contribution in [2.75, 3.05) is 32.2 Å². The highest BCUT2D eigenvalue weighted by Gasteiger charge is 2.43. The first-order chi connectivity index (χ1) is 17.9. The van der Waals surface area contributed by atoms with Gasteiger partial charge in [0.15, 0.2) is 11.5 Å². The topological polar surface area (TPSA) is 117 Å². The van der Waals surface area contributed by atoms with Crippen molar-refractivity contribution in [1.29, 1.82) is 0 Å². The fourth-order valence-electron chi connectivity index (χ4n) is 5.65. The van der Waals surface area contributed by atoms with Gasteiger partial charge in [0, 0.05) is 19.2 Å². The number of hydrogen-bond acceptors (Lipinski definition) is 7. The van der Waals surface area contributed by atoms with Crippen LogP contribution in [-0.4, -0.2) is 60.4 Å². The Hall–Kier alpha value is -3.59. The fraction of sp³-hybridized carbons (Fsp3) is 0.464. The van der Waals surface area contributed by atoms with E-state index in [4.69, 9.17) is 14.5 Å². The lowest BCUT2D eigenvalue weighted by Crippen LogP contribution is -2.53. The van der Waals surface area contributed by atoms with Crippen molar-refractivity contribution in [2.45, 2.75) is 50.7 Å². The molecule has 2 atom stereocenters. The summed E-state index contributed by atoms with van der Waals surface area (Å²) in [6.07, 6.45) is 3.78. The Kier molecular flexibility index (Phi) is 7.06. The number of hydrogen-bond donors (Lipinski definition) is 3. The van der Waals surface area contributed by atoms with Crippen LogP contribution in [0.1, 0.15) is 37.7 Å². The number of aliphatic hydroxyl groups is 1. The number of ether oxygens (including phenoxy) is 2. The number of aliphatic hydroxyl groups excluding tert-OH is 1. The van der Waals surface area contributed by atoms with Crippen LogP contribution in [0.2, 0.25) is 0 Å². The van der Waals surface area contributed by atoms with E-state index >= 15 is 0 Å². The lowest BCUT2D eigenvalue weighted by Gasteiger charge is -2.41. The predicted molar refractivity (Wildman–Crippen MR) is 141 cm³/mol. The van der Waals surface area contributed by atoms with Gasteiger partial charge in [-0.05, 0) is 50.2 Å². The molecule has 1 aromatic heterocycles. The van der Waals surface area contributed by atoms with Gasteiger partial charge in [0.1, 0.15) is 0 Å². The third-order valence-electron chi connectivity index (χ3n) is 7.88. The number of nitrogens with one attached hydrogen (secondary N) is 2. The second-order valence-corrected chi connectivity index (χ2v) is 10.1. The molecule has 1 saturated heterocycles. The van der Waals surface area contributed by atoms with Crippen LogP contribution < -0.4 is 25.2 Å². The van der Waals surface area contributed by atoms with Crippen LogP contribution in [0.25, 0.3) is 10.9 Å². The lowest BCUT2D eigenvalue weighted by molar-refractivity contribution is -0.133. The summed E-state index contributed by atoms with van der Waals surface area (Å²) >= 11 is 0. The highest BCUT2D eigenvalue weighted by atomic mass is 16.5. The summed E-state index contributed by atoms with van der Waals surface area (Å²) in [6.45, 7) is 1.13. The highest BCUT2D eigenvalue weighted by molar-refractivity contribution is 5.84. The maximum atomic E-state index is 13.7. The number of aromatic nitrogens is 2. The molecule has 1 aliphatic carbocycles. The number of carbonyl (C=O) groups excluding carboxylic acids is 1. The number of anilines is 1. The molecular formula is C28H34N4O5. The molecule has 3 aromatic rings. The van der Waals surface area contributed by atoms with E-state index in [1.165, 1.54) is 7.11 Å². The quantitative estimate of drug-likeness (QED) is 0.451. The van der Waals surface area contributed by atoms with Gasteiger partial charge in [0.05, 0.1) is 42.7 Å². The predicted octanol–water partition coefficient (Wildman–Crippen LogP) is 2.80. The Balaban J connectivity index is 1.40. The number of H-pyrrole nitrogens is 1. The molecule has 2 aromatic carbocycles. The Morgan fingerprint density at radius 3 is 2.49 bits per heavy atom. The molecular weight excluding hydrogens is 472 g/mol. The number of fused-ring (bicyclic) bond motifs is 1. The van der Waals surface area contributed by atoms with E-state index < -0.39 is 11.5 Å². The molecule has 196 valence electrons. The van der Waals surface area contributed by atoms with E-state index in [-0.39, 0.29) is 17.5 Å². The Labute approximate surface area is 215 Å². The van der Waals surface area contributed by atoms with E-state index in [1.54, 1.807) is 19.2 Å². The van der Waals surface area contributed by atoms with E-state index in [9.17, 15) is 14.7 Å². The number of aromatic amines is 1. The summed E-state index contributed by atoms with van der Waals surface area (Å²) in [5, 5.41) is 13.9. The minimum Gasteiger partial charge on any atom is -0.493 e. The molecule has 1 aliphatic heterocycles. The third kappa shape index (κ3) is 5.00. The number of rotatable bonds is 7. The average molecular weight is 507 g/mol. The summed E-state index contributed by atoms with van der Waals surface area (Å²) in [5.41, 5.74) is 0.769. The molecule has 0 spiro atoms. The van der Waals surface area contributed by atoms with E-state index in [0.29, 0.717) is 60.7 Å². The molecule has 9 heteroatoms. The minimum atomic E-state index is -0.603. The molecule has 3 N–H and O–H groups in total. The summed E-state index contributed by atoms with van der Waals surface area (Å²) in [5.74, 6) is 1.45. The van der Waals surface area contributed by atoms with Gasteiger partial charge in [-0.25, -0.2) is 4.98 Å². The third-order valence-corrected chi connectivity index (χ3v) is 7.88. The van der Waals surface area contributed by atoms with Gasteiger partial charge in [0.2, 0.25) is 11.9 Å². The van der Waals surface area contributed by atoms with Crippen LogP contribution in [0.15, 0.2) is 47.3 Å². The van der Waals surface area contributed by atoms with Crippen molar-refractivity contribution in [3.8, 4) is 11.5 Å². The van der Waals surface area contributed by atoms with E-state index in [0.717, 1.165) is 24.8 Å². The SMILES string of the molecule is COc1cc2nc(N3CCC(Cc4ccccc4)(C(=O)N[C@@H]4CCC[C@@H]4O)CC3)[nH]c(=O)c2cc1OC. The van der Waals surface area contributed by atoms with Crippen LogP contribution in [0.3, 0.4) is 0 Å². The maximum Gasteiger partial charge on any atom is 0.260 e. The first-order valence-corrected chi connectivity index (χ1v) is 12.9. The smallest absolute Gasteiger partial charge is 0.260 e. The van der Waals surface area contributed by atoms with Crippen molar-refractivity contribution in [3.63, 3.8) is 0 Å². The van der Waals surface area contributed by atoms with Gasteiger partial charge in [-0.2, -0.15) is 0 Å². The summed E-state index contributed by atoms with van der Waals surface area (Å²) < 4.78 is 10.7. The van der Waals surface area contributed by atoms with Crippen molar-refractivity contribution in [2.24, 2.45) is 5.41 Å². The number of benzene rings is 2. The Morgan fingerprint density at radius 2 is 1.84 bits per heavy atom. The molecule has 1 saturated carbocycles. The molecule has 0 unspecified atom stereocenters. The number of amides is 1. The van der Waals surface area contributed by atoms with Crippen molar-refractivity contribution >= 4 is 22.8 Å². The van der Waals surface area contributed by atoms with Gasteiger partial charge in [-0.1, -0.05) is 30.3 Å². The highest BCUT2D eigenvalue weighted by Crippen LogP contribution is 2.38. The van der Waals surface area contributed by atoms with E-state index in [2.05, 4.69) is 22.4 Å². The maximum absolute atomic E-state index is 13.7. The summed E-state index contributed by atoms with van der Waals surface area (Å²) in [6, 6.07) is 13.2. The van der Waals surface area contributed by atoms with Crippen LogP contribution >= 0.6 is 0 Å². The molecule has 2 fully saturated rings. The molecule has 0 radical (unpaired) electrons. The van der Waals surface area contributed by atoms with Crippen molar-refractivity contribution in [1.82, 2.24) is 15.3 Å². The Morgan fingerprint density at radius 1 is 1.14 bits per heavy atom. The zero-order valence-corrected chi connectivity index (χ0v) is 21.3. The molecule has 1 amide bonds. The second-order valence-electron chi connectivity index (χ2n) is 10.1. The fourth-order valence-corrected chi connectivity index (χ4v) is 5.65. The number of carbonyl (C=O) groups is 1. The molecule has 2 heterocycles. The first kappa shape index (κ1) is 25.1. The number of methoxy groups -OCH3 is 2. The van der Waals surface area contributed by atoms with Gasteiger partial charge in [-0.3, -0.25) is 14.6 Å². The van der Waals surface area contributed by atoms with Crippen LogP contribution in [0.4, 0.5) is 5.95 Å². The molecule has 5 rings (SSSR count). The van der Waals surface area contributed by atoms with Gasteiger partial charge in [0.25, 0.3) is 5.56 Å².